The monoisotopic (exact) mass is 296 g/mol. The molecule has 0 saturated heterocycles. The van der Waals surface area contributed by atoms with E-state index in [9.17, 15) is 9.59 Å². The van der Waals surface area contributed by atoms with Crippen LogP contribution in [0.5, 0.6) is 0 Å². The van der Waals surface area contributed by atoms with Gasteiger partial charge in [0.1, 0.15) is 0 Å². The molecule has 2 rings (SSSR count). The Morgan fingerprint density at radius 3 is 1.59 bits per heavy atom. The zero-order valence-electron chi connectivity index (χ0n) is 13.4. The summed E-state index contributed by atoms with van der Waals surface area (Å²) >= 11 is 0. The normalized spacial score (nSPS) is 9.55. The van der Waals surface area contributed by atoms with Crippen LogP contribution in [0.25, 0.3) is 0 Å². The Hall–Kier alpha value is -2.22. The van der Waals surface area contributed by atoms with Crippen molar-refractivity contribution < 1.29 is 9.59 Å². The van der Waals surface area contributed by atoms with Crippen LogP contribution in [0.3, 0.4) is 0 Å². The quantitative estimate of drug-likeness (QED) is 0.674. The first-order valence-electron chi connectivity index (χ1n) is 7.85. The van der Waals surface area contributed by atoms with Gasteiger partial charge in [-0.1, -0.05) is 80.9 Å². The standard InChI is InChI=1S/C11H14O.C9H10O/c1-2-3-9-11(12)10-7-5-4-6-8-10;1-2-9(10)8-6-4-3-5-7-8/h4-8H,2-3,9H2,1H3;3-7H,2H2,1H3. The Balaban J connectivity index is 0.000000224. The van der Waals surface area contributed by atoms with E-state index in [1.54, 1.807) is 0 Å². The van der Waals surface area contributed by atoms with E-state index in [0.717, 1.165) is 24.0 Å². The molecular weight excluding hydrogens is 272 g/mol. The first kappa shape index (κ1) is 17.8. The molecule has 0 aliphatic rings. The van der Waals surface area contributed by atoms with Gasteiger partial charge in [-0.05, 0) is 6.42 Å². The predicted molar refractivity (Wildman–Crippen MR) is 91.4 cm³/mol. The summed E-state index contributed by atoms with van der Waals surface area (Å²) in [5, 5.41) is 0. The summed E-state index contributed by atoms with van der Waals surface area (Å²) in [5.74, 6) is 0.470. The van der Waals surface area contributed by atoms with Crippen molar-refractivity contribution in [2.45, 2.75) is 39.5 Å². The Bertz CT molecular complexity index is 559. The van der Waals surface area contributed by atoms with Gasteiger partial charge in [0.25, 0.3) is 0 Å². The number of carbonyl (C=O) groups excluding carboxylic acids is 2. The maximum absolute atomic E-state index is 11.4. The van der Waals surface area contributed by atoms with Crippen LogP contribution in [0.15, 0.2) is 60.7 Å². The van der Waals surface area contributed by atoms with Crippen LogP contribution in [0.1, 0.15) is 60.2 Å². The minimum absolute atomic E-state index is 0.209. The third-order valence-corrected chi connectivity index (χ3v) is 3.27. The van der Waals surface area contributed by atoms with Gasteiger partial charge < -0.3 is 0 Å². The molecule has 0 heterocycles. The van der Waals surface area contributed by atoms with Crippen molar-refractivity contribution in [3.8, 4) is 0 Å². The summed E-state index contributed by atoms with van der Waals surface area (Å²) < 4.78 is 0. The van der Waals surface area contributed by atoms with Gasteiger partial charge in [-0.25, -0.2) is 0 Å². The van der Waals surface area contributed by atoms with Crippen molar-refractivity contribution in [1.29, 1.82) is 0 Å². The lowest BCUT2D eigenvalue weighted by Gasteiger charge is -1.97. The number of hydrogen-bond acceptors (Lipinski definition) is 2. The van der Waals surface area contributed by atoms with Crippen molar-refractivity contribution in [2.75, 3.05) is 0 Å². The molecule has 2 nitrogen and oxygen atoms in total. The van der Waals surface area contributed by atoms with E-state index in [4.69, 9.17) is 0 Å². The molecule has 0 N–H and O–H groups in total. The average Bonchev–Trinajstić information content (AvgIpc) is 2.61. The largest absolute Gasteiger partial charge is 0.294 e. The summed E-state index contributed by atoms with van der Waals surface area (Å²) in [4.78, 5) is 22.4. The second-order valence-electron chi connectivity index (χ2n) is 5.04. The topological polar surface area (TPSA) is 34.1 Å². The van der Waals surface area contributed by atoms with Gasteiger partial charge in [-0.3, -0.25) is 9.59 Å². The molecule has 0 aliphatic carbocycles. The molecule has 116 valence electrons. The minimum Gasteiger partial charge on any atom is -0.294 e. The van der Waals surface area contributed by atoms with Crippen molar-refractivity contribution >= 4 is 11.6 Å². The molecule has 0 atom stereocenters. The van der Waals surface area contributed by atoms with E-state index in [-0.39, 0.29) is 11.6 Å². The highest BCUT2D eigenvalue weighted by Crippen LogP contribution is 2.05. The van der Waals surface area contributed by atoms with Gasteiger partial charge in [0.15, 0.2) is 11.6 Å². The molecule has 0 bridgehead atoms. The lowest BCUT2D eigenvalue weighted by molar-refractivity contribution is 0.0975. The summed E-state index contributed by atoms with van der Waals surface area (Å²) in [5.41, 5.74) is 1.65. The molecule has 2 aromatic rings. The number of unbranched alkanes of at least 4 members (excludes halogenated alkanes) is 1. The van der Waals surface area contributed by atoms with Gasteiger partial charge in [-0.2, -0.15) is 0 Å². The fourth-order valence-corrected chi connectivity index (χ4v) is 1.93. The number of benzene rings is 2. The molecule has 0 amide bonds. The molecule has 0 aromatic heterocycles. The van der Waals surface area contributed by atoms with E-state index in [0.29, 0.717) is 12.8 Å². The van der Waals surface area contributed by atoms with Crippen molar-refractivity contribution in [3.05, 3.63) is 71.8 Å². The second kappa shape index (κ2) is 10.5. The molecular formula is C20H24O2. The fraction of sp³-hybridized carbons (Fsp3) is 0.300. The highest BCUT2D eigenvalue weighted by Gasteiger charge is 2.02. The van der Waals surface area contributed by atoms with E-state index >= 15 is 0 Å². The summed E-state index contributed by atoms with van der Waals surface area (Å²) in [6, 6.07) is 18.8. The van der Waals surface area contributed by atoms with Crippen LogP contribution in [0, 0.1) is 0 Å². The highest BCUT2D eigenvalue weighted by molar-refractivity contribution is 5.96. The Kier molecular flexibility index (Phi) is 8.51. The van der Waals surface area contributed by atoms with E-state index in [1.165, 1.54) is 0 Å². The van der Waals surface area contributed by atoms with Gasteiger partial charge in [0, 0.05) is 24.0 Å². The molecule has 22 heavy (non-hydrogen) atoms. The zero-order valence-corrected chi connectivity index (χ0v) is 13.4. The lowest BCUT2D eigenvalue weighted by Crippen LogP contribution is -1.97. The molecule has 0 fully saturated rings. The minimum atomic E-state index is 0.209. The Morgan fingerprint density at radius 1 is 0.727 bits per heavy atom. The first-order chi connectivity index (χ1) is 10.7. The van der Waals surface area contributed by atoms with Crippen LogP contribution in [0.2, 0.25) is 0 Å². The molecule has 0 spiro atoms. The summed E-state index contributed by atoms with van der Waals surface area (Å²) in [7, 11) is 0. The van der Waals surface area contributed by atoms with Gasteiger partial charge >= 0.3 is 0 Å². The third-order valence-electron chi connectivity index (χ3n) is 3.27. The van der Waals surface area contributed by atoms with Crippen LogP contribution in [-0.4, -0.2) is 11.6 Å². The second-order valence-corrected chi connectivity index (χ2v) is 5.04. The lowest BCUT2D eigenvalue weighted by atomic mass is 10.1. The van der Waals surface area contributed by atoms with E-state index in [1.807, 2.05) is 67.6 Å². The molecule has 0 radical (unpaired) electrons. The smallest absolute Gasteiger partial charge is 0.162 e. The predicted octanol–water partition coefficient (Wildman–Crippen LogP) is 5.34. The Morgan fingerprint density at radius 2 is 1.18 bits per heavy atom. The summed E-state index contributed by atoms with van der Waals surface area (Å²) in [6.45, 7) is 3.97. The van der Waals surface area contributed by atoms with E-state index in [2.05, 4.69) is 6.92 Å². The Labute approximate surface area is 133 Å². The van der Waals surface area contributed by atoms with Crippen LogP contribution < -0.4 is 0 Å². The van der Waals surface area contributed by atoms with Crippen LogP contribution in [-0.2, 0) is 0 Å². The third kappa shape index (κ3) is 6.49. The highest BCUT2D eigenvalue weighted by atomic mass is 16.1. The SMILES string of the molecule is CCC(=O)c1ccccc1.CCCCC(=O)c1ccccc1. The van der Waals surface area contributed by atoms with Crippen molar-refractivity contribution in [2.24, 2.45) is 0 Å². The number of ketones is 2. The van der Waals surface area contributed by atoms with E-state index < -0.39 is 0 Å². The molecule has 2 aromatic carbocycles. The fourth-order valence-electron chi connectivity index (χ4n) is 1.93. The molecule has 0 saturated carbocycles. The average molecular weight is 296 g/mol. The number of hydrogen-bond donors (Lipinski definition) is 0. The first-order valence-corrected chi connectivity index (χ1v) is 7.85. The number of Topliss-reactive ketones (excluding diaryl/α,β-unsaturated/α-hetero) is 2. The maximum Gasteiger partial charge on any atom is 0.162 e. The molecule has 0 unspecified atom stereocenters. The van der Waals surface area contributed by atoms with Crippen LogP contribution >= 0.6 is 0 Å². The maximum atomic E-state index is 11.4. The number of carbonyl (C=O) groups is 2. The molecule has 2 heteroatoms. The van der Waals surface area contributed by atoms with Crippen LogP contribution in [0.4, 0.5) is 0 Å². The van der Waals surface area contributed by atoms with Crippen molar-refractivity contribution in [3.63, 3.8) is 0 Å². The molecule has 0 aliphatic heterocycles. The zero-order chi connectivity index (χ0) is 16.2. The van der Waals surface area contributed by atoms with Gasteiger partial charge in [0.2, 0.25) is 0 Å². The van der Waals surface area contributed by atoms with Crippen molar-refractivity contribution in [1.82, 2.24) is 0 Å². The summed E-state index contributed by atoms with van der Waals surface area (Å²) in [6.07, 6.45) is 3.34. The van der Waals surface area contributed by atoms with Gasteiger partial charge in [-0.15, -0.1) is 0 Å². The van der Waals surface area contributed by atoms with Gasteiger partial charge in [0.05, 0.1) is 0 Å². The number of rotatable bonds is 6.